The van der Waals surface area contributed by atoms with Gasteiger partial charge >= 0.3 is 30.1 Å². The highest BCUT2D eigenvalue weighted by atomic mass is 32.2. The molecule has 0 aromatic rings. The smallest absolute Gasteiger partial charge is 0.442 e. The van der Waals surface area contributed by atoms with Gasteiger partial charge in [-0.15, -0.1) is 0 Å². The Labute approximate surface area is 150 Å². The van der Waals surface area contributed by atoms with E-state index in [0.29, 0.717) is 0 Å². The number of ether oxygens (including phenoxy) is 4. The van der Waals surface area contributed by atoms with Gasteiger partial charge in [-0.25, -0.2) is 0 Å². The van der Waals surface area contributed by atoms with Crippen LogP contribution in [0.4, 0.5) is 13.2 Å². The molecule has 4 atom stereocenters. The molecule has 1 fully saturated rings. The molecule has 0 saturated carbocycles. The van der Waals surface area contributed by atoms with Crippen molar-refractivity contribution in [2.45, 2.75) is 57.1 Å². The SMILES string of the molecule is CC(=O)O[C@H]1[C@H](OC(C)=O)CS[C@@](OC(C)=O)(C(F)(F)F)[C@H]1OC(C)=O. The van der Waals surface area contributed by atoms with E-state index in [1.165, 1.54) is 0 Å². The summed E-state index contributed by atoms with van der Waals surface area (Å²) in [4.78, 5) is 41.9. The fourth-order valence-corrected chi connectivity index (χ4v) is 3.72. The first-order chi connectivity index (χ1) is 11.8. The van der Waals surface area contributed by atoms with Gasteiger partial charge in [0.25, 0.3) is 4.93 Å². The zero-order valence-corrected chi connectivity index (χ0v) is 15.1. The summed E-state index contributed by atoms with van der Waals surface area (Å²) >= 11 is 0.0631. The molecule has 148 valence electrons. The summed E-state index contributed by atoms with van der Waals surface area (Å²) in [7, 11) is 0. The Morgan fingerprint density at radius 3 is 1.77 bits per heavy atom. The zero-order chi connectivity index (χ0) is 20.3. The molecule has 1 aliphatic rings. The fraction of sp³-hybridized carbons (Fsp3) is 0.714. The van der Waals surface area contributed by atoms with Crippen LogP contribution < -0.4 is 0 Å². The number of rotatable bonds is 4. The number of halogens is 3. The van der Waals surface area contributed by atoms with Gasteiger partial charge in [-0.05, 0) is 0 Å². The lowest BCUT2D eigenvalue weighted by atomic mass is 10.0. The van der Waals surface area contributed by atoms with E-state index < -0.39 is 59.1 Å². The van der Waals surface area contributed by atoms with E-state index in [-0.39, 0.29) is 11.8 Å². The number of hydrogen-bond acceptors (Lipinski definition) is 9. The zero-order valence-electron chi connectivity index (χ0n) is 14.2. The molecule has 12 heteroatoms. The van der Waals surface area contributed by atoms with Crippen molar-refractivity contribution in [2.24, 2.45) is 0 Å². The molecule has 0 radical (unpaired) electrons. The Hall–Kier alpha value is -1.98. The third-order valence-corrected chi connectivity index (χ3v) is 4.58. The molecule has 0 amide bonds. The van der Waals surface area contributed by atoms with E-state index in [1.807, 2.05) is 0 Å². The lowest BCUT2D eigenvalue weighted by Crippen LogP contribution is -2.67. The maximum Gasteiger partial charge on any atom is 0.442 e. The Kier molecular flexibility index (Phi) is 6.91. The van der Waals surface area contributed by atoms with Gasteiger partial charge in [-0.3, -0.25) is 19.2 Å². The predicted octanol–water partition coefficient (Wildman–Crippen LogP) is 1.35. The maximum absolute atomic E-state index is 13.8. The quantitative estimate of drug-likeness (QED) is 0.509. The summed E-state index contributed by atoms with van der Waals surface area (Å²) in [5.74, 6) is -4.81. The van der Waals surface area contributed by atoms with Crippen LogP contribution in [0.25, 0.3) is 0 Å². The largest absolute Gasteiger partial charge is 0.458 e. The van der Waals surface area contributed by atoms with Crippen molar-refractivity contribution in [2.75, 3.05) is 5.75 Å². The van der Waals surface area contributed by atoms with Crippen LogP contribution in [0.3, 0.4) is 0 Å². The van der Waals surface area contributed by atoms with Crippen LogP contribution in [0.15, 0.2) is 0 Å². The second kappa shape index (κ2) is 8.14. The molecule has 0 unspecified atom stereocenters. The van der Waals surface area contributed by atoms with E-state index in [1.54, 1.807) is 0 Å². The first kappa shape index (κ1) is 22.1. The highest BCUT2D eigenvalue weighted by Gasteiger charge is 2.71. The van der Waals surface area contributed by atoms with Crippen LogP contribution in [0.5, 0.6) is 0 Å². The summed E-state index contributed by atoms with van der Waals surface area (Å²) in [6.45, 7) is 3.50. The Morgan fingerprint density at radius 2 is 1.38 bits per heavy atom. The molecule has 0 spiro atoms. The molecule has 1 aliphatic heterocycles. The third-order valence-electron chi connectivity index (χ3n) is 3.10. The van der Waals surface area contributed by atoms with Crippen molar-refractivity contribution in [1.29, 1.82) is 0 Å². The number of esters is 4. The lowest BCUT2D eigenvalue weighted by molar-refractivity contribution is -0.280. The van der Waals surface area contributed by atoms with Crippen molar-refractivity contribution in [1.82, 2.24) is 0 Å². The average Bonchev–Trinajstić information content (AvgIpc) is 2.42. The van der Waals surface area contributed by atoms with Gasteiger partial charge in [-0.2, -0.15) is 13.2 Å². The van der Waals surface area contributed by atoms with Gasteiger partial charge in [-0.1, -0.05) is 11.8 Å². The van der Waals surface area contributed by atoms with Crippen molar-refractivity contribution in [3.05, 3.63) is 0 Å². The maximum atomic E-state index is 13.8. The van der Waals surface area contributed by atoms with Crippen molar-refractivity contribution >= 4 is 35.6 Å². The number of thioether (sulfide) groups is 1. The highest BCUT2D eigenvalue weighted by Crippen LogP contribution is 2.51. The first-order valence-corrected chi connectivity index (χ1v) is 8.20. The van der Waals surface area contributed by atoms with Gasteiger partial charge in [0.1, 0.15) is 0 Å². The molecular formula is C14H17F3O8S. The van der Waals surface area contributed by atoms with Crippen molar-refractivity contribution in [3.63, 3.8) is 0 Å². The fourth-order valence-electron chi connectivity index (χ4n) is 2.36. The molecular weight excluding hydrogens is 385 g/mol. The molecule has 26 heavy (non-hydrogen) atoms. The molecule has 8 nitrogen and oxygen atoms in total. The molecule has 1 saturated heterocycles. The van der Waals surface area contributed by atoms with Gasteiger partial charge in [0.05, 0.1) is 0 Å². The van der Waals surface area contributed by atoms with E-state index in [9.17, 15) is 32.3 Å². The molecule has 0 aromatic carbocycles. The van der Waals surface area contributed by atoms with Crippen LogP contribution in [0.2, 0.25) is 0 Å². The first-order valence-electron chi connectivity index (χ1n) is 7.22. The molecule has 0 aliphatic carbocycles. The summed E-state index contributed by atoms with van der Waals surface area (Å²) in [6.07, 6.45) is -10.7. The minimum absolute atomic E-state index is 0.0631. The van der Waals surface area contributed by atoms with Crippen LogP contribution in [0.1, 0.15) is 27.7 Å². The van der Waals surface area contributed by atoms with Gasteiger partial charge < -0.3 is 18.9 Å². The number of hydrogen-bond donors (Lipinski definition) is 0. The van der Waals surface area contributed by atoms with E-state index in [2.05, 4.69) is 4.74 Å². The average molecular weight is 402 g/mol. The van der Waals surface area contributed by atoms with Gasteiger partial charge in [0.15, 0.2) is 12.2 Å². The summed E-state index contributed by atoms with van der Waals surface area (Å²) < 4.78 is 60.5. The molecule has 1 heterocycles. The van der Waals surface area contributed by atoms with E-state index >= 15 is 0 Å². The Bertz CT molecular complexity index is 593. The Morgan fingerprint density at radius 1 is 0.885 bits per heavy atom. The minimum Gasteiger partial charge on any atom is -0.458 e. The minimum atomic E-state index is -5.19. The number of alkyl halides is 3. The van der Waals surface area contributed by atoms with Crippen molar-refractivity contribution < 1.29 is 51.3 Å². The van der Waals surface area contributed by atoms with Crippen LogP contribution in [-0.2, 0) is 38.1 Å². The normalized spacial score (nSPS) is 28.7. The second-order valence-corrected chi connectivity index (χ2v) is 6.55. The number of carbonyl (C=O) groups is 4. The second-order valence-electron chi connectivity index (χ2n) is 5.32. The summed E-state index contributed by atoms with van der Waals surface area (Å²) in [6, 6.07) is 0. The van der Waals surface area contributed by atoms with Crippen LogP contribution >= 0.6 is 11.8 Å². The monoisotopic (exact) mass is 402 g/mol. The van der Waals surface area contributed by atoms with E-state index in [4.69, 9.17) is 14.2 Å². The highest BCUT2D eigenvalue weighted by molar-refractivity contribution is 8.00. The topological polar surface area (TPSA) is 105 Å². The van der Waals surface area contributed by atoms with Crippen LogP contribution in [-0.4, -0.2) is 59.1 Å². The van der Waals surface area contributed by atoms with Crippen molar-refractivity contribution in [3.8, 4) is 0 Å². The predicted molar refractivity (Wildman–Crippen MR) is 79.7 cm³/mol. The number of carbonyl (C=O) groups excluding carboxylic acids is 4. The molecule has 1 rings (SSSR count). The van der Waals surface area contributed by atoms with Gasteiger partial charge in [0, 0.05) is 33.4 Å². The third kappa shape index (κ3) is 5.02. The Balaban J connectivity index is 3.49. The molecule has 0 bridgehead atoms. The molecule has 0 aromatic heterocycles. The molecule has 0 N–H and O–H groups in total. The standard InChI is InChI=1S/C14H17F3O8S/c1-6(18)22-10-5-26-13(14(15,16)17,25-9(4)21)12(24-8(3)20)11(10)23-7(2)19/h10-12H,5H2,1-4H3/t10-,11+,12+,13-/m1/s1. The lowest BCUT2D eigenvalue weighted by Gasteiger charge is -2.47. The summed E-state index contributed by atoms with van der Waals surface area (Å²) in [5.41, 5.74) is 0. The van der Waals surface area contributed by atoms with E-state index in [0.717, 1.165) is 27.7 Å². The van der Waals surface area contributed by atoms with Crippen LogP contribution in [0, 0.1) is 0 Å². The summed E-state index contributed by atoms with van der Waals surface area (Å²) in [5, 5.41) is 0. The van der Waals surface area contributed by atoms with Gasteiger partial charge in [0.2, 0.25) is 6.10 Å².